The standard InChI is InChI=1S/C5H6F3N2O6S2/c1-3-16-4(11)10(2)18(14,15)9-17(12,13)5(6,7)8/h3H,1H2,2H3/q-1. The third-order valence-electron chi connectivity index (χ3n) is 1.27. The summed E-state index contributed by atoms with van der Waals surface area (Å²) in [5.74, 6) is 0. The van der Waals surface area contributed by atoms with E-state index in [9.17, 15) is 34.8 Å². The quantitative estimate of drug-likeness (QED) is 0.705. The molecule has 0 radical (unpaired) electrons. The minimum atomic E-state index is -6.29. The van der Waals surface area contributed by atoms with E-state index in [-0.39, 0.29) is 0 Å². The molecule has 1 amide bonds. The highest BCUT2D eigenvalue weighted by Crippen LogP contribution is 2.30. The van der Waals surface area contributed by atoms with Crippen molar-refractivity contribution in [1.29, 1.82) is 0 Å². The van der Waals surface area contributed by atoms with Crippen LogP contribution in [0.25, 0.3) is 4.13 Å². The summed E-state index contributed by atoms with van der Waals surface area (Å²) < 4.78 is 83.8. The number of hydrogen-bond acceptors (Lipinski definition) is 6. The van der Waals surface area contributed by atoms with E-state index in [2.05, 4.69) is 11.3 Å². The predicted molar refractivity (Wildman–Crippen MR) is 51.7 cm³/mol. The van der Waals surface area contributed by atoms with E-state index in [1.54, 1.807) is 4.13 Å². The van der Waals surface area contributed by atoms with Gasteiger partial charge < -0.3 is 8.86 Å². The van der Waals surface area contributed by atoms with Gasteiger partial charge in [0.15, 0.2) is 20.2 Å². The highest BCUT2D eigenvalue weighted by atomic mass is 32.3. The van der Waals surface area contributed by atoms with Gasteiger partial charge in [-0.15, -0.1) is 0 Å². The van der Waals surface area contributed by atoms with Crippen LogP contribution in [0.15, 0.2) is 12.8 Å². The molecule has 18 heavy (non-hydrogen) atoms. The summed E-state index contributed by atoms with van der Waals surface area (Å²) in [5, 5.41) is 0. The number of halogens is 3. The third kappa shape index (κ3) is 3.85. The molecule has 0 aromatic carbocycles. The van der Waals surface area contributed by atoms with E-state index in [0.717, 1.165) is 0 Å². The van der Waals surface area contributed by atoms with Crippen LogP contribution in [0.3, 0.4) is 0 Å². The lowest BCUT2D eigenvalue weighted by molar-refractivity contribution is -0.0425. The number of carbonyl (C=O) groups is 1. The third-order valence-corrected chi connectivity index (χ3v) is 4.24. The van der Waals surface area contributed by atoms with Gasteiger partial charge in [-0.25, -0.2) is 25.9 Å². The molecule has 0 aliphatic heterocycles. The van der Waals surface area contributed by atoms with Crippen molar-refractivity contribution < 1.29 is 39.5 Å². The molecule has 0 saturated carbocycles. The van der Waals surface area contributed by atoms with E-state index >= 15 is 0 Å². The largest absolute Gasteiger partial charge is 0.480 e. The molecule has 0 fully saturated rings. The van der Waals surface area contributed by atoms with Crippen LogP contribution >= 0.6 is 0 Å². The second-order valence-electron chi connectivity index (χ2n) is 2.49. The Morgan fingerprint density at radius 3 is 2.11 bits per heavy atom. The Bertz CT molecular complexity index is 536. The first-order valence-electron chi connectivity index (χ1n) is 3.71. The number of rotatable bonds is 4. The molecule has 0 aliphatic carbocycles. The molecule has 0 saturated heterocycles. The number of sulfonamides is 1. The van der Waals surface area contributed by atoms with Crippen LogP contribution in [-0.4, -0.2) is 39.8 Å². The van der Waals surface area contributed by atoms with Crippen molar-refractivity contribution in [3.05, 3.63) is 17.0 Å². The zero-order valence-electron chi connectivity index (χ0n) is 8.58. The maximum atomic E-state index is 11.9. The van der Waals surface area contributed by atoms with Crippen LogP contribution in [-0.2, 0) is 25.0 Å². The Morgan fingerprint density at radius 1 is 1.33 bits per heavy atom. The van der Waals surface area contributed by atoms with Crippen molar-refractivity contribution >= 4 is 26.3 Å². The predicted octanol–water partition coefficient (Wildman–Crippen LogP) is 0.666. The monoisotopic (exact) mass is 311 g/mol. The van der Waals surface area contributed by atoms with Crippen molar-refractivity contribution in [2.45, 2.75) is 5.51 Å². The topological polar surface area (TPSA) is 112 Å². The van der Waals surface area contributed by atoms with Crippen LogP contribution in [0.4, 0.5) is 18.0 Å². The lowest BCUT2D eigenvalue weighted by Crippen LogP contribution is -2.35. The van der Waals surface area contributed by atoms with E-state index in [4.69, 9.17) is 0 Å². The Hall–Kier alpha value is -1.34. The highest BCUT2D eigenvalue weighted by molar-refractivity contribution is 8.11. The van der Waals surface area contributed by atoms with Gasteiger partial charge in [-0.05, 0) is 0 Å². The molecule has 0 rings (SSSR count). The maximum absolute atomic E-state index is 11.9. The molecule has 0 unspecified atom stereocenters. The fraction of sp³-hybridized carbons (Fsp3) is 0.400. The van der Waals surface area contributed by atoms with Crippen LogP contribution in [0.5, 0.6) is 0 Å². The first kappa shape index (κ1) is 16.7. The van der Waals surface area contributed by atoms with Gasteiger partial charge >= 0.3 is 11.6 Å². The van der Waals surface area contributed by atoms with Crippen LogP contribution < -0.4 is 0 Å². The van der Waals surface area contributed by atoms with Gasteiger partial charge in [0.25, 0.3) is 0 Å². The molecule has 0 aromatic heterocycles. The van der Waals surface area contributed by atoms with Crippen molar-refractivity contribution in [2.24, 2.45) is 0 Å². The molecule has 0 atom stereocenters. The molecule has 0 aliphatic rings. The maximum Gasteiger partial charge on any atom is 0.480 e. The van der Waals surface area contributed by atoms with E-state index < -0.39 is 36.1 Å². The normalized spacial score (nSPS) is 12.9. The first-order chi connectivity index (χ1) is 7.85. The minimum Gasteiger partial charge on any atom is -0.418 e. The van der Waals surface area contributed by atoms with Crippen LogP contribution in [0, 0.1) is 0 Å². The van der Waals surface area contributed by atoms with Crippen molar-refractivity contribution in [3.63, 3.8) is 0 Å². The Labute approximate surface area is 100 Å². The fourth-order valence-electron chi connectivity index (χ4n) is 0.456. The lowest BCUT2D eigenvalue weighted by atomic mass is 11.0. The Kier molecular flexibility index (Phi) is 4.73. The van der Waals surface area contributed by atoms with Gasteiger partial charge in [0.2, 0.25) is 0 Å². The number of amides is 1. The lowest BCUT2D eigenvalue weighted by Gasteiger charge is -2.26. The van der Waals surface area contributed by atoms with E-state index in [0.29, 0.717) is 13.3 Å². The summed E-state index contributed by atoms with van der Waals surface area (Å²) in [6.07, 6.45) is -1.18. The van der Waals surface area contributed by atoms with Gasteiger partial charge in [0.1, 0.15) is 0 Å². The first-order valence-corrected chi connectivity index (χ1v) is 6.55. The van der Waals surface area contributed by atoms with Gasteiger partial charge in [0, 0.05) is 7.05 Å². The highest BCUT2D eigenvalue weighted by Gasteiger charge is 2.41. The molecule has 13 heteroatoms. The van der Waals surface area contributed by atoms with Gasteiger partial charge in [-0.1, -0.05) is 6.58 Å². The molecule has 0 bridgehead atoms. The number of ether oxygens (including phenoxy) is 1. The second-order valence-corrected chi connectivity index (χ2v) is 5.94. The van der Waals surface area contributed by atoms with Gasteiger partial charge in [-0.2, -0.15) is 13.2 Å². The molecular weight excluding hydrogens is 305 g/mol. The fourth-order valence-corrected chi connectivity index (χ4v) is 2.42. The summed E-state index contributed by atoms with van der Waals surface area (Å²) in [5.41, 5.74) is -5.90. The van der Waals surface area contributed by atoms with Crippen molar-refractivity contribution in [1.82, 2.24) is 4.31 Å². The van der Waals surface area contributed by atoms with Crippen LogP contribution in [0.1, 0.15) is 0 Å². The zero-order chi connectivity index (χ0) is 14.8. The number of carbonyl (C=O) groups excluding carboxylic acids is 1. The molecule has 0 aromatic rings. The van der Waals surface area contributed by atoms with Crippen LogP contribution in [0.2, 0.25) is 0 Å². The molecular formula is C5H6F3N2O6S2-. The number of hydrogen-bond donors (Lipinski definition) is 0. The molecule has 106 valence electrons. The SMILES string of the molecule is C=COC(=O)N(C)S(=O)(=O)[N-]S(=O)(=O)C(F)(F)F. The summed E-state index contributed by atoms with van der Waals surface area (Å²) in [7, 11) is -11.2. The summed E-state index contributed by atoms with van der Waals surface area (Å²) >= 11 is 0. The van der Waals surface area contributed by atoms with Crippen molar-refractivity contribution in [3.8, 4) is 0 Å². The van der Waals surface area contributed by atoms with Crippen molar-refractivity contribution in [2.75, 3.05) is 7.05 Å². The molecule has 8 nitrogen and oxygen atoms in total. The molecule has 0 spiro atoms. The molecule has 0 heterocycles. The zero-order valence-corrected chi connectivity index (χ0v) is 10.2. The summed E-state index contributed by atoms with van der Waals surface area (Å²) in [4.78, 5) is 10.8. The summed E-state index contributed by atoms with van der Waals surface area (Å²) in [6.45, 7) is 2.89. The number of nitrogens with zero attached hydrogens (tertiary/aromatic N) is 2. The number of alkyl halides is 3. The Morgan fingerprint density at radius 2 is 1.78 bits per heavy atom. The Balaban J connectivity index is 5.23. The van der Waals surface area contributed by atoms with E-state index in [1.807, 2.05) is 0 Å². The van der Waals surface area contributed by atoms with Gasteiger partial charge in [0.05, 0.1) is 6.26 Å². The van der Waals surface area contributed by atoms with E-state index in [1.165, 1.54) is 0 Å². The minimum absolute atomic E-state index is 0.433. The summed E-state index contributed by atoms with van der Waals surface area (Å²) in [6, 6.07) is 0. The van der Waals surface area contributed by atoms with Gasteiger partial charge in [-0.3, -0.25) is 0 Å². The average molecular weight is 311 g/mol. The smallest absolute Gasteiger partial charge is 0.418 e. The second kappa shape index (κ2) is 5.11. The molecule has 0 N–H and O–H groups in total. The average Bonchev–Trinajstić information content (AvgIpc) is 2.13.